The zero-order chi connectivity index (χ0) is 18.3. The van der Waals surface area contributed by atoms with Gasteiger partial charge in [0, 0.05) is 0 Å². The summed E-state index contributed by atoms with van der Waals surface area (Å²) in [5.74, 6) is 0. The van der Waals surface area contributed by atoms with Gasteiger partial charge in [0.25, 0.3) is 0 Å². The largest absolute Gasteiger partial charge is 2.00 e. The van der Waals surface area contributed by atoms with E-state index in [1.165, 1.54) is 5.57 Å². The molecule has 2 aromatic carbocycles. The summed E-state index contributed by atoms with van der Waals surface area (Å²) in [7, 11) is 0. The monoisotopic (exact) mass is 426 g/mol. The minimum Gasteiger partial charge on any atom is -0.221 e. The van der Waals surface area contributed by atoms with Gasteiger partial charge in [-0.25, -0.2) is 11.1 Å². The number of allylic oxidation sites excluding steroid dienone is 1. The van der Waals surface area contributed by atoms with Crippen LogP contribution in [-0.2, 0) is 26.2 Å². The van der Waals surface area contributed by atoms with Crippen molar-refractivity contribution >= 4 is 5.57 Å². The summed E-state index contributed by atoms with van der Waals surface area (Å²) in [6.45, 7) is 2.14. The minimum absolute atomic E-state index is 0. The Morgan fingerprint density at radius 2 is 1.19 bits per heavy atom. The zero-order valence-corrected chi connectivity index (χ0v) is 18.1. The first-order valence-corrected chi connectivity index (χ1v) is 8.88. The Balaban J connectivity index is 0.000000270. The molecule has 2 fully saturated rings. The molecular formula is C26H24Zr. The Morgan fingerprint density at radius 3 is 1.59 bits per heavy atom. The van der Waals surface area contributed by atoms with Gasteiger partial charge < -0.3 is 0 Å². The maximum absolute atomic E-state index is 3.43. The Bertz CT molecular complexity index is 567. The first-order valence-electron chi connectivity index (χ1n) is 8.88. The Labute approximate surface area is 186 Å². The van der Waals surface area contributed by atoms with E-state index < -0.39 is 0 Å². The van der Waals surface area contributed by atoms with E-state index in [9.17, 15) is 0 Å². The molecule has 0 bridgehead atoms. The molecule has 27 heavy (non-hydrogen) atoms. The first-order chi connectivity index (χ1) is 12.9. The molecule has 2 saturated carbocycles. The molecule has 0 nitrogen and oxygen atoms in total. The van der Waals surface area contributed by atoms with Crippen LogP contribution in [-0.4, -0.2) is 0 Å². The van der Waals surface area contributed by atoms with E-state index in [1.807, 2.05) is 101 Å². The second kappa shape index (κ2) is 16.1. The van der Waals surface area contributed by atoms with Gasteiger partial charge in [-0.15, -0.1) is 30.3 Å². The smallest absolute Gasteiger partial charge is 0.221 e. The fraction of sp³-hybridized carbons (Fsp3) is 0.0769. The van der Waals surface area contributed by atoms with Crippen LogP contribution in [0.5, 0.6) is 0 Å². The predicted molar refractivity (Wildman–Crippen MR) is 111 cm³/mol. The molecular weight excluding hydrogens is 404 g/mol. The molecule has 0 aliphatic heterocycles. The fourth-order valence-electron chi connectivity index (χ4n) is 2.26. The van der Waals surface area contributed by atoms with E-state index >= 15 is 0 Å². The Kier molecular flexibility index (Phi) is 14.3. The average molecular weight is 428 g/mol. The topological polar surface area (TPSA) is 0 Å². The summed E-state index contributed by atoms with van der Waals surface area (Å²) in [6.07, 6.45) is 24.4. The molecule has 2 aliphatic carbocycles. The van der Waals surface area contributed by atoms with E-state index in [0.29, 0.717) is 0 Å². The third-order valence-electron chi connectivity index (χ3n) is 3.57. The Hall–Kier alpha value is -0.937. The molecule has 1 heteroatoms. The molecule has 0 heterocycles. The normalized spacial score (nSPS) is 15.7. The van der Waals surface area contributed by atoms with Crippen molar-refractivity contribution in [2.75, 3.05) is 0 Å². The summed E-state index contributed by atoms with van der Waals surface area (Å²) >= 11 is 0. The molecule has 132 valence electrons. The van der Waals surface area contributed by atoms with Crippen molar-refractivity contribution in [3.8, 4) is 0 Å². The van der Waals surface area contributed by atoms with Gasteiger partial charge in [0.15, 0.2) is 0 Å². The van der Waals surface area contributed by atoms with Crippen molar-refractivity contribution in [2.45, 2.75) is 13.3 Å². The second-order valence-electron chi connectivity index (χ2n) is 5.52. The van der Waals surface area contributed by atoms with Crippen molar-refractivity contribution in [3.63, 3.8) is 0 Å². The molecule has 0 saturated heterocycles. The van der Waals surface area contributed by atoms with Crippen molar-refractivity contribution in [1.29, 1.82) is 0 Å². The molecule has 10 radical (unpaired) electrons. The van der Waals surface area contributed by atoms with Crippen LogP contribution >= 0.6 is 0 Å². The quantitative estimate of drug-likeness (QED) is 0.406. The summed E-state index contributed by atoms with van der Waals surface area (Å²) < 4.78 is 0. The summed E-state index contributed by atoms with van der Waals surface area (Å²) in [5, 5.41) is 0. The average Bonchev–Trinajstić information content (AvgIpc) is 3.46. The molecule has 0 spiro atoms. The van der Waals surface area contributed by atoms with Crippen molar-refractivity contribution in [1.82, 2.24) is 0 Å². The van der Waals surface area contributed by atoms with Crippen LogP contribution in [0, 0.1) is 76.4 Å². The van der Waals surface area contributed by atoms with Crippen LogP contribution in [0.25, 0.3) is 5.57 Å². The maximum Gasteiger partial charge on any atom is 2.00 e. The van der Waals surface area contributed by atoms with E-state index in [2.05, 4.69) is 37.3 Å². The van der Waals surface area contributed by atoms with Gasteiger partial charge in [0.2, 0.25) is 0 Å². The van der Waals surface area contributed by atoms with Gasteiger partial charge >= 0.3 is 26.2 Å². The minimum atomic E-state index is 0. The van der Waals surface area contributed by atoms with Crippen molar-refractivity contribution < 1.29 is 26.2 Å². The third kappa shape index (κ3) is 10.8. The van der Waals surface area contributed by atoms with E-state index in [-0.39, 0.29) is 26.2 Å². The molecule has 2 aliphatic rings. The van der Waals surface area contributed by atoms with E-state index in [4.69, 9.17) is 0 Å². The molecule has 0 unspecified atom stereocenters. The van der Waals surface area contributed by atoms with Crippen molar-refractivity contribution in [2.24, 2.45) is 0 Å². The summed E-state index contributed by atoms with van der Waals surface area (Å²) in [5.41, 5.74) is 3.46. The Morgan fingerprint density at radius 1 is 0.704 bits per heavy atom. The first kappa shape index (κ1) is 24.1. The molecule has 0 amide bonds. The van der Waals surface area contributed by atoms with Gasteiger partial charge in [-0.05, 0) is 64.2 Å². The zero-order valence-electron chi connectivity index (χ0n) is 15.7. The molecule has 0 atom stereocenters. The summed E-state index contributed by atoms with van der Waals surface area (Å²) in [6, 6.07) is 21.5. The number of hydrogen-bond acceptors (Lipinski definition) is 0. The van der Waals surface area contributed by atoms with Gasteiger partial charge in [-0.3, -0.25) is 0 Å². The summed E-state index contributed by atoms with van der Waals surface area (Å²) in [4.78, 5) is 0. The van der Waals surface area contributed by atoms with Crippen LogP contribution in [0.1, 0.15) is 24.5 Å². The maximum atomic E-state index is 3.43. The van der Waals surface area contributed by atoms with Crippen LogP contribution < -0.4 is 0 Å². The standard InChI is InChI=1S/C16H14.2C5H5.Zr/c1-2-15(16-11-7-4-8-12-16)13-14-9-5-3-6-10-14;2*1-2-4-5-3-1;/h3-11H,2H2,1H3;2*1-5H;/q-2;;;+2. The molecule has 2 aromatic rings. The second-order valence-corrected chi connectivity index (χ2v) is 5.52. The van der Waals surface area contributed by atoms with Gasteiger partial charge in [0.1, 0.15) is 0 Å². The number of benzene rings is 2. The van der Waals surface area contributed by atoms with Crippen LogP contribution in [0.2, 0.25) is 0 Å². The van der Waals surface area contributed by atoms with Gasteiger partial charge in [-0.2, -0.15) is 35.9 Å². The van der Waals surface area contributed by atoms with Crippen LogP contribution in [0.4, 0.5) is 0 Å². The van der Waals surface area contributed by atoms with Gasteiger partial charge in [-0.1, -0.05) is 19.4 Å². The predicted octanol–water partition coefficient (Wildman–Crippen LogP) is 6.17. The number of hydrogen-bond donors (Lipinski definition) is 0. The SMILES string of the molecule is CCC(=[C-]c1ccccc1)c1[c-]cccc1.[CH]1[CH][CH][CH][CH]1.[CH]1[CH][CH][CH][CH]1.[Zr+2]. The van der Waals surface area contributed by atoms with Crippen LogP contribution in [0.3, 0.4) is 0 Å². The van der Waals surface area contributed by atoms with Crippen molar-refractivity contribution in [3.05, 3.63) is 142 Å². The number of rotatable bonds is 3. The molecule has 0 aromatic heterocycles. The van der Waals surface area contributed by atoms with Crippen LogP contribution in [0.15, 0.2) is 54.6 Å². The third-order valence-corrected chi connectivity index (χ3v) is 3.57. The van der Waals surface area contributed by atoms with E-state index in [0.717, 1.165) is 17.5 Å². The van der Waals surface area contributed by atoms with E-state index in [1.54, 1.807) is 0 Å². The van der Waals surface area contributed by atoms with Gasteiger partial charge in [0.05, 0.1) is 0 Å². The molecule has 4 rings (SSSR count). The fourth-order valence-corrected chi connectivity index (χ4v) is 2.26. The molecule has 0 N–H and O–H groups in total.